The number of hydrogen-bond donors (Lipinski definition) is 1. The zero-order valence-corrected chi connectivity index (χ0v) is 17.5. The molecule has 0 bridgehead atoms. The van der Waals surface area contributed by atoms with Crippen molar-refractivity contribution < 1.29 is 9.53 Å². The summed E-state index contributed by atoms with van der Waals surface area (Å²) in [5, 5.41) is 2.92. The van der Waals surface area contributed by atoms with E-state index in [0.29, 0.717) is 17.9 Å². The topological polar surface area (TPSA) is 60.3 Å². The smallest absolute Gasteiger partial charge is 0.308 e. The van der Waals surface area contributed by atoms with E-state index >= 15 is 0 Å². The Labute approximate surface area is 169 Å². The Balaban J connectivity index is 1.75. The van der Waals surface area contributed by atoms with E-state index in [9.17, 15) is 9.59 Å². The maximum absolute atomic E-state index is 12.7. The number of benzene rings is 2. The number of nitrogens with zero attached hydrogens (tertiary/aromatic N) is 1. The third kappa shape index (κ3) is 4.28. The van der Waals surface area contributed by atoms with Gasteiger partial charge in [0.15, 0.2) is 6.10 Å². The van der Waals surface area contributed by atoms with Crippen molar-refractivity contribution in [3.63, 3.8) is 0 Å². The first kappa shape index (κ1) is 20.1. The van der Waals surface area contributed by atoms with E-state index < -0.39 is 6.10 Å². The van der Waals surface area contributed by atoms with Crippen molar-refractivity contribution in [2.45, 2.75) is 52.7 Å². The fourth-order valence-corrected chi connectivity index (χ4v) is 4.17. The molecule has 0 aliphatic carbocycles. The largest absolute Gasteiger partial charge is 0.481 e. The highest BCUT2D eigenvalue weighted by atomic mass is 32.1. The lowest BCUT2D eigenvalue weighted by molar-refractivity contribution is -0.122. The molecule has 28 heavy (non-hydrogen) atoms. The van der Waals surface area contributed by atoms with Crippen LogP contribution in [0, 0.1) is 0 Å². The van der Waals surface area contributed by atoms with Crippen LogP contribution < -0.4 is 14.9 Å². The average Bonchev–Trinajstić information content (AvgIpc) is 3.01. The van der Waals surface area contributed by atoms with E-state index in [1.165, 1.54) is 16.9 Å². The number of carbonyl (C=O) groups excluding carboxylic acids is 1. The van der Waals surface area contributed by atoms with Gasteiger partial charge in [0.2, 0.25) is 0 Å². The number of nitrogens with one attached hydrogen (secondary N) is 1. The van der Waals surface area contributed by atoms with Crippen molar-refractivity contribution >= 4 is 33.1 Å². The van der Waals surface area contributed by atoms with Crippen molar-refractivity contribution in [1.82, 2.24) is 4.57 Å². The van der Waals surface area contributed by atoms with Crippen LogP contribution in [0.5, 0.6) is 5.75 Å². The summed E-state index contributed by atoms with van der Waals surface area (Å²) >= 11 is 1.19. The quantitative estimate of drug-likeness (QED) is 0.609. The van der Waals surface area contributed by atoms with Gasteiger partial charge < -0.3 is 10.1 Å². The fourth-order valence-electron chi connectivity index (χ4n) is 3.12. The van der Waals surface area contributed by atoms with Crippen LogP contribution in [0.15, 0.2) is 47.3 Å². The van der Waals surface area contributed by atoms with Gasteiger partial charge in [-0.15, -0.1) is 0 Å². The van der Waals surface area contributed by atoms with E-state index in [1.807, 2.05) is 63.2 Å². The molecule has 3 rings (SSSR count). The summed E-state index contributed by atoms with van der Waals surface area (Å²) < 4.78 is 8.50. The molecule has 1 amide bonds. The minimum atomic E-state index is -0.581. The van der Waals surface area contributed by atoms with Crippen LogP contribution in [0.4, 0.5) is 5.69 Å². The number of hydrogen-bond acceptors (Lipinski definition) is 4. The lowest BCUT2D eigenvalue weighted by Crippen LogP contribution is -2.32. The molecule has 0 spiro atoms. The van der Waals surface area contributed by atoms with Gasteiger partial charge in [-0.05, 0) is 62.6 Å². The van der Waals surface area contributed by atoms with Crippen molar-refractivity contribution in [3.8, 4) is 5.75 Å². The third-order valence-electron chi connectivity index (χ3n) is 4.67. The molecule has 148 valence electrons. The number of fused-ring (bicyclic) bond motifs is 1. The SMILES string of the molecule is CCc1ccc(OC(CC)C(=O)Nc2ccc3c(c2)sc(=O)n3C(C)C)cc1. The number of anilines is 1. The average molecular weight is 399 g/mol. The Morgan fingerprint density at radius 1 is 1.14 bits per heavy atom. The van der Waals surface area contributed by atoms with Crippen molar-refractivity contribution in [2.75, 3.05) is 5.32 Å². The number of carbonyl (C=O) groups is 1. The molecule has 0 radical (unpaired) electrons. The summed E-state index contributed by atoms with van der Waals surface area (Å²) in [6.45, 7) is 7.99. The summed E-state index contributed by atoms with van der Waals surface area (Å²) in [5.74, 6) is 0.485. The standard InChI is InChI=1S/C22H26N2O3S/c1-5-15-7-10-17(11-8-15)27-19(6-2)21(25)23-16-9-12-18-20(13-16)28-22(26)24(18)14(3)4/h7-14,19H,5-6H2,1-4H3,(H,23,25). The molecule has 0 aliphatic rings. The summed E-state index contributed by atoms with van der Waals surface area (Å²) in [4.78, 5) is 24.9. The minimum Gasteiger partial charge on any atom is -0.481 e. The number of rotatable bonds is 7. The second-order valence-electron chi connectivity index (χ2n) is 7.02. The number of aromatic nitrogens is 1. The molecule has 5 nitrogen and oxygen atoms in total. The molecule has 3 aromatic rings. The first-order valence-corrected chi connectivity index (χ1v) is 10.5. The molecule has 1 N–H and O–H groups in total. The molecule has 6 heteroatoms. The second kappa shape index (κ2) is 8.61. The molecule has 0 aliphatic heterocycles. The van der Waals surface area contributed by atoms with Gasteiger partial charge in [0.05, 0.1) is 10.2 Å². The zero-order valence-electron chi connectivity index (χ0n) is 16.7. The Morgan fingerprint density at radius 3 is 2.46 bits per heavy atom. The number of aryl methyl sites for hydroxylation is 1. The van der Waals surface area contributed by atoms with Crippen molar-refractivity contribution in [2.24, 2.45) is 0 Å². The normalized spacial score (nSPS) is 12.3. The molecule has 1 aromatic heterocycles. The molecule has 0 fully saturated rings. The van der Waals surface area contributed by atoms with Crippen LogP contribution in [-0.2, 0) is 11.2 Å². The molecule has 0 saturated carbocycles. The predicted octanol–water partition coefficient (Wildman–Crippen LogP) is 5.00. The zero-order chi connectivity index (χ0) is 20.3. The van der Waals surface area contributed by atoms with Crippen molar-refractivity contribution in [1.29, 1.82) is 0 Å². The first-order chi connectivity index (χ1) is 13.4. The summed E-state index contributed by atoms with van der Waals surface area (Å²) in [7, 11) is 0. The fraction of sp³-hybridized carbons (Fsp3) is 0.364. The van der Waals surface area contributed by atoms with Gasteiger partial charge in [-0.25, -0.2) is 0 Å². The summed E-state index contributed by atoms with van der Waals surface area (Å²) in [5.41, 5.74) is 2.78. The Kier molecular flexibility index (Phi) is 6.19. The minimum absolute atomic E-state index is 0.0128. The van der Waals surface area contributed by atoms with Crippen LogP contribution in [0.3, 0.4) is 0 Å². The van der Waals surface area contributed by atoms with Crippen LogP contribution in [0.1, 0.15) is 45.7 Å². The van der Waals surface area contributed by atoms with Crippen molar-refractivity contribution in [3.05, 3.63) is 57.7 Å². The van der Waals surface area contributed by atoms with Gasteiger partial charge in [0.1, 0.15) is 5.75 Å². The summed E-state index contributed by atoms with van der Waals surface area (Å²) in [6, 6.07) is 13.5. The highest BCUT2D eigenvalue weighted by Gasteiger charge is 2.19. The molecule has 0 saturated heterocycles. The van der Waals surface area contributed by atoms with Crippen LogP contribution in [0.2, 0.25) is 0 Å². The van der Waals surface area contributed by atoms with Gasteiger partial charge in [0.25, 0.3) is 5.91 Å². The van der Waals surface area contributed by atoms with E-state index in [-0.39, 0.29) is 16.8 Å². The van der Waals surface area contributed by atoms with Gasteiger partial charge in [-0.3, -0.25) is 14.2 Å². The Bertz CT molecular complexity index is 1020. The van der Waals surface area contributed by atoms with E-state index in [2.05, 4.69) is 12.2 Å². The van der Waals surface area contributed by atoms with Gasteiger partial charge in [0, 0.05) is 11.7 Å². The van der Waals surface area contributed by atoms with E-state index in [4.69, 9.17) is 4.74 Å². The highest BCUT2D eigenvalue weighted by molar-refractivity contribution is 7.16. The third-order valence-corrected chi connectivity index (χ3v) is 5.59. The van der Waals surface area contributed by atoms with E-state index in [1.54, 1.807) is 4.57 Å². The maximum atomic E-state index is 12.7. The maximum Gasteiger partial charge on any atom is 0.308 e. The van der Waals surface area contributed by atoms with E-state index in [0.717, 1.165) is 16.6 Å². The highest BCUT2D eigenvalue weighted by Crippen LogP contribution is 2.24. The second-order valence-corrected chi connectivity index (χ2v) is 8.01. The molecule has 1 unspecified atom stereocenters. The molecule has 2 aromatic carbocycles. The Hall–Kier alpha value is -2.60. The summed E-state index contributed by atoms with van der Waals surface area (Å²) in [6.07, 6.45) is 0.938. The van der Waals surface area contributed by atoms with Gasteiger partial charge in [-0.2, -0.15) is 0 Å². The lowest BCUT2D eigenvalue weighted by Gasteiger charge is -2.17. The first-order valence-electron chi connectivity index (χ1n) is 9.64. The molecular formula is C22H26N2O3S. The molecule has 1 atom stereocenters. The lowest BCUT2D eigenvalue weighted by atomic mass is 10.1. The monoisotopic (exact) mass is 398 g/mol. The van der Waals surface area contributed by atoms with Gasteiger partial charge in [-0.1, -0.05) is 37.3 Å². The number of amides is 1. The van der Waals surface area contributed by atoms with Crippen LogP contribution in [-0.4, -0.2) is 16.6 Å². The number of ether oxygens (including phenoxy) is 1. The predicted molar refractivity (Wildman–Crippen MR) is 116 cm³/mol. The molecular weight excluding hydrogens is 372 g/mol. The van der Waals surface area contributed by atoms with Crippen LogP contribution in [0.25, 0.3) is 10.2 Å². The number of thiazole rings is 1. The Morgan fingerprint density at radius 2 is 1.86 bits per heavy atom. The molecule has 1 heterocycles. The van der Waals surface area contributed by atoms with Crippen LogP contribution >= 0.6 is 11.3 Å². The van der Waals surface area contributed by atoms with Gasteiger partial charge >= 0.3 is 4.87 Å².